The van der Waals surface area contributed by atoms with Gasteiger partial charge in [-0.25, -0.2) is 0 Å². The highest BCUT2D eigenvalue weighted by Gasteiger charge is 2.29. The van der Waals surface area contributed by atoms with Crippen LogP contribution in [0.4, 0.5) is 11.4 Å². The lowest BCUT2D eigenvalue weighted by molar-refractivity contribution is -0.119. The lowest BCUT2D eigenvalue weighted by Crippen LogP contribution is -2.39. The Hall–Kier alpha value is -2.04. The van der Waals surface area contributed by atoms with Gasteiger partial charge in [0.05, 0.1) is 16.3 Å². The number of amides is 2. The Kier molecular flexibility index (Phi) is 4.18. The van der Waals surface area contributed by atoms with E-state index in [2.05, 4.69) is 5.32 Å². The van der Waals surface area contributed by atoms with Crippen molar-refractivity contribution in [3.05, 3.63) is 57.1 Å². The van der Waals surface area contributed by atoms with Crippen LogP contribution in [0.3, 0.4) is 0 Å². The molecule has 2 aromatic rings. The van der Waals surface area contributed by atoms with Crippen LogP contribution in [0.5, 0.6) is 0 Å². The lowest BCUT2D eigenvalue weighted by atomic mass is 9.91. The fourth-order valence-corrected chi connectivity index (χ4v) is 3.97. The van der Waals surface area contributed by atoms with Crippen LogP contribution in [0.25, 0.3) is 0 Å². The molecule has 4 nitrogen and oxygen atoms in total. The molecule has 0 saturated carbocycles. The third kappa shape index (κ3) is 3.00. The second kappa shape index (κ2) is 6.36. The SMILES string of the molecule is O=C(Nc1cc2c3c(c1)CCC(=O)N3CCC2)c1cc(Cl)ccc1Cl. The molecular weight excluding hydrogens is 359 g/mol. The van der Waals surface area contributed by atoms with Crippen LogP contribution in [-0.2, 0) is 17.6 Å². The molecule has 4 rings (SSSR count). The maximum atomic E-state index is 12.6. The van der Waals surface area contributed by atoms with E-state index in [1.54, 1.807) is 18.2 Å². The summed E-state index contributed by atoms with van der Waals surface area (Å²) in [5.74, 6) is -0.102. The number of hydrogen-bond donors (Lipinski definition) is 1. The highest BCUT2D eigenvalue weighted by molar-refractivity contribution is 6.36. The van der Waals surface area contributed by atoms with Gasteiger partial charge in [0, 0.05) is 23.7 Å². The van der Waals surface area contributed by atoms with Crippen LogP contribution in [0.2, 0.25) is 10.0 Å². The first-order valence-electron chi connectivity index (χ1n) is 8.25. The number of nitrogens with zero attached hydrogens (tertiary/aromatic N) is 1. The normalized spacial score (nSPS) is 15.8. The van der Waals surface area contributed by atoms with Gasteiger partial charge in [-0.3, -0.25) is 9.59 Å². The maximum Gasteiger partial charge on any atom is 0.257 e. The quantitative estimate of drug-likeness (QED) is 0.842. The fraction of sp³-hybridized carbons (Fsp3) is 0.263. The first kappa shape index (κ1) is 16.4. The van der Waals surface area contributed by atoms with Gasteiger partial charge in [-0.15, -0.1) is 0 Å². The standard InChI is InChI=1S/C19H16Cl2N2O2/c20-13-4-5-16(21)15(10-13)19(25)22-14-8-11-2-1-7-23-17(24)6-3-12(9-14)18(11)23/h4-5,8-10H,1-3,6-7H2,(H,22,25). The number of carbonyl (C=O) groups excluding carboxylic acids is 2. The topological polar surface area (TPSA) is 49.4 Å². The van der Waals surface area contributed by atoms with Crippen LogP contribution < -0.4 is 10.2 Å². The molecule has 0 bridgehead atoms. The molecule has 128 valence electrons. The fourth-order valence-electron chi connectivity index (χ4n) is 3.60. The number of anilines is 2. The molecule has 2 aliphatic rings. The van der Waals surface area contributed by atoms with Crippen molar-refractivity contribution in [1.82, 2.24) is 0 Å². The first-order chi connectivity index (χ1) is 12.0. The minimum absolute atomic E-state index is 0.191. The molecular formula is C19H16Cl2N2O2. The second-order valence-corrected chi connectivity index (χ2v) is 7.21. The van der Waals surface area contributed by atoms with Gasteiger partial charge in [0.25, 0.3) is 5.91 Å². The molecule has 0 fully saturated rings. The van der Waals surface area contributed by atoms with Crippen molar-refractivity contribution in [2.45, 2.75) is 25.7 Å². The van der Waals surface area contributed by atoms with E-state index in [0.717, 1.165) is 41.9 Å². The smallest absolute Gasteiger partial charge is 0.257 e. The Labute approximate surface area is 155 Å². The molecule has 1 N–H and O–H groups in total. The van der Waals surface area contributed by atoms with Gasteiger partial charge in [-0.05, 0) is 60.7 Å². The van der Waals surface area contributed by atoms with Gasteiger partial charge in [0.2, 0.25) is 5.91 Å². The van der Waals surface area contributed by atoms with Gasteiger partial charge >= 0.3 is 0 Å². The number of nitrogens with one attached hydrogen (secondary N) is 1. The molecule has 0 aliphatic carbocycles. The summed E-state index contributed by atoms with van der Waals surface area (Å²) in [4.78, 5) is 26.6. The van der Waals surface area contributed by atoms with Crippen LogP contribution in [0, 0.1) is 0 Å². The molecule has 0 saturated heterocycles. The van der Waals surface area contributed by atoms with Crippen LogP contribution in [0.15, 0.2) is 30.3 Å². The number of aryl methyl sites for hydroxylation is 2. The summed E-state index contributed by atoms with van der Waals surface area (Å²) in [6.45, 7) is 0.780. The van der Waals surface area contributed by atoms with Gasteiger partial charge in [0.1, 0.15) is 0 Å². The van der Waals surface area contributed by atoms with E-state index < -0.39 is 0 Å². The average molecular weight is 375 g/mol. The largest absolute Gasteiger partial charge is 0.322 e. The Bertz CT molecular complexity index is 878. The third-order valence-electron chi connectivity index (χ3n) is 4.71. The van der Waals surface area contributed by atoms with E-state index in [-0.39, 0.29) is 11.8 Å². The number of carbonyl (C=O) groups is 2. The Morgan fingerprint density at radius 3 is 2.60 bits per heavy atom. The van der Waals surface area contributed by atoms with Gasteiger partial charge in [-0.1, -0.05) is 23.2 Å². The third-order valence-corrected chi connectivity index (χ3v) is 5.27. The average Bonchev–Trinajstić information content (AvgIpc) is 2.60. The van der Waals surface area contributed by atoms with Gasteiger partial charge in [0.15, 0.2) is 0 Å². The van der Waals surface area contributed by atoms with E-state index >= 15 is 0 Å². The van der Waals surface area contributed by atoms with Crippen LogP contribution >= 0.6 is 23.2 Å². The van der Waals surface area contributed by atoms with Crippen LogP contribution in [0.1, 0.15) is 34.3 Å². The molecule has 0 unspecified atom stereocenters. The monoisotopic (exact) mass is 374 g/mol. The summed E-state index contributed by atoms with van der Waals surface area (Å²) in [6.07, 6.45) is 3.08. The molecule has 2 aromatic carbocycles. The Morgan fingerprint density at radius 1 is 1.04 bits per heavy atom. The summed E-state index contributed by atoms with van der Waals surface area (Å²) in [5, 5.41) is 3.74. The predicted octanol–water partition coefficient (Wildman–Crippen LogP) is 4.47. The zero-order chi connectivity index (χ0) is 17.6. The summed E-state index contributed by atoms with van der Waals surface area (Å²) < 4.78 is 0. The minimum atomic E-state index is -0.292. The van der Waals surface area contributed by atoms with Crippen molar-refractivity contribution in [2.24, 2.45) is 0 Å². The molecule has 2 aliphatic heterocycles. The molecule has 6 heteroatoms. The zero-order valence-electron chi connectivity index (χ0n) is 13.4. The van der Waals surface area contributed by atoms with E-state index in [9.17, 15) is 9.59 Å². The highest BCUT2D eigenvalue weighted by atomic mass is 35.5. The minimum Gasteiger partial charge on any atom is -0.322 e. The van der Waals surface area contributed by atoms with Crippen molar-refractivity contribution in [3.8, 4) is 0 Å². The molecule has 0 spiro atoms. The van der Waals surface area contributed by atoms with Gasteiger partial charge in [-0.2, -0.15) is 0 Å². The molecule has 2 amide bonds. The summed E-state index contributed by atoms with van der Waals surface area (Å²) in [5.41, 5.74) is 4.35. The summed E-state index contributed by atoms with van der Waals surface area (Å²) in [6, 6.07) is 8.73. The van der Waals surface area contributed by atoms with Crippen molar-refractivity contribution in [2.75, 3.05) is 16.8 Å². The number of benzene rings is 2. The molecule has 25 heavy (non-hydrogen) atoms. The van der Waals surface area contributed by atoms with Crippen molar-refractivity contribution < 1.29 is 9.59 Å². The number of rotatable bonds is 2. The molecule has 0 atom stereocenters. The van der Waals surface area contributed by atoms with E-state index in [4.69, 9.17) is 23.2 Å². The maximum absolute atomic E-state index is 12.6. The van der Waals surface area contributed by atoms with Gasteiger partial charge < -0.3 is 10.2 Å². The lowest BCUT2D eigenvalue weighted by Gasteiger charge is -2.35. The Balaban J connectivity index is 1.67. The highest BCUT2D eigenvalue weighted by Crippen LogP contribution is 2.38. The molecule has 0 aromatic heterocycles. The zero-order valence-corrected chi connectivity index (χ0v) is 15.0. The van der Waals surface area contributed by atoms with Crippen LogP contribution in [-0.4, -0.2) is 18.4 Å². The summed E-state index contributed by atoms with van der Waals surface area (Å²) >= 11 is 12.1. The molecule has 2 heterocycles. The van der Waals surface area contributed by atoms with Crippen molar-refractivity contribution in [1.29, 1.82) is 0 Å². The van der Waals surface area contributed by atoms with E-state index in [1.165, 1.54) is 0 Å². The van der Waals surface area contributed by atoms with E-state index in [1.807, 2.05) is 17.0 Å². The van der Waals surface area contributed by atoms with E-state index in [0.29, 0.717) is 28.5 Å². The second-order valence-electron chi connectivity index (χ2n) is 6.37. The summed E-state index contributed by atoms with van der Waals surface area (Å²) in [7, 11) is 0. The van der Waals surface area contributed by atoms with Crippen molar-refractivity contribution >= 4 is 46.4 Å². The number of hydrogen-bond acceptors (Lipinski definition) is 2. The Morgan fingerprint density at radius 2 is 1.80 bits per heavy atom. The number of halogens is 2. The molecule has 0 radical (unpaired) electrons. The first-order valence-corrected chi connectivity index (χ1v) is 9.01. The van der Waals surface area contributed by atoms with Crippen molar-refractivity contribution in [3.63, 3.8) is 0 Å². The predicted molar refractivity (Wildman–Crippen MR) is 99.9 cm³/mol.